The molecule has 0 spiro atoms. The van der Waals surface area contributed by atoms with Crippen molar-refractivity contribution in [2.75, 3.05) is 6.61 Å². The van der Waals surface area contributed by atoms with Crippen molar-refractivity contribution in [1.29, 1.82) is 0 Å². The van der Waals surface area contributed by atoms with Crippen LogP contribution in [0.2, 0.25) is 0 Å². The average molecular weight is 432 g/mol. The molecule has 0 aliphatic heterocycles. The molecule has 0 unspecified atom stereocenters. The highest BCUT2D eigenvalue weighted by Gasteiger charge is 2.76. The predicted octanol–water partition coefficient (Wildman–Crippen LogP) is 3.53. The van der Waals surface area contributed by atoms with Crippen LogP contribution in [-0.2, 0) is 19.1 Å². The molecule has 0 aromatic heterocycles. The maximum atomic E-state index is 12.7. The summed E-state index contributed by atoms with van der Waals surface area (Å²) in [6.45, 7) is 0.370. The van der Waals surface area contributed by atoms with Gasteiger partial charge in [0.25, 0.3) is 0 Å². The van der Waals surface area contributed by atoms with Crippen molar-refractivity contribution in [3.05, 3.63) is 0 Å². The highest BCUT2D eigenvalue weighted by Crippen LogP contribution is 2.60. The molecule has 166 valence electrons. The maximum Gasteiger partial charge on any atom is 0.437 e. The van der Waals surface area contributed by atoms with Gasteiger partial charge in [-0.1, -0.05) is 6.92 Å². The Bertz CT molecular complexity index is 629. The van der Waals surface area contributed by atoms with E-state index in [1.807, 2.05) is 6.92 Å². The molecule has 0 aromatic rings. The number of halogens is 6. The number of rotatable bonds is 5. The van der Waals surface area contributed by atoms with Gasteiger partial charge < -0.3 is 14.6 Å². The molecular formula is C18H22F6O5. The summed E-state index contributed by atoms with van der Waals surface area (Å²) in [4.78, 5) is 23.6. The molecule has 0 amide bonds. The van der Waals surface area contributed by atoms with Gasteiger partial charge in [0.1, 0.15) is 5.60 Å². The molecule has 5 nitrogen and oxygen atoms in total. The first kappa shape index (κ1) is 22.2. The van der Waals surface area contributed by atoms with Gasteiger partial charge in [0.2, 0.25) is 0 Å². The minimum absolute atomic E-state index is 0.0747. The SMILES string of the molecule is CCC1(OC(=O)COC(=O)C(O)(C(F)(F)F)C(F)(F)F)C2CC3CC(C2)CC1C3. The molecule has 29 heavy (non-hydrogen) atoms. The van der Waals surface area contributed by atoms with Crippen LogP contribution in [0.4, 0.5) is 26.3 Å². The fraction of sp³-hybridized carbons (Fsp3) is 0.889. The quantitative estimate of drug-likeness (QED) is 0.532. The Morgan fingerprint density at radius 2 is 1.38 bits per heavy atom. The van der Waals surface area contributed by atoms with Gasteiger partial charge in [0, 0.05) is 0 Å². The van der Waals surface area contributed by atoms with Crippen molar-refractivity contribution < 1.29 is 50.5 Å². The Morgan fingerprint density at radius 1 is 0.931 bits per heavy atom. The minimum atomic E-state index is -6.36. The Kier molecular flexibility index (Phi) is 5.37. The molecular weight excluding hydrogens is 410 g/mol. The average Bonchev–Trinajstić information content (AvgIpc) is 2.59. The smallest absolute Gasteiger partial charge is 0.437 e. The highest BCUT2D eigenvalue weighted by atomic mass is 19.4. The Morgan fingerprint density at radius 3 is 1.76 bits per heavy atom. The lowest BCUT2D eigenvalue weighted by atomic mass is 9.49. The minimum Gasteiger partial charge on any atom is -0.456 e. The molecule has 1 N–H and O–H groups in total. The van der Waals surface area contributed by atoms with Crippen LogP contribution in [0.25, 0.3) is 0 Å². The van der Waals surface area contributed by atoms with E-state index in [-0.39, 0.29) is 11.8 Å². The number of aliphatic hydroxyl groups is 1. The van der Waals surface area contributed by atoms with Gasteiger partial charge in [0.05, 0.1) is 0 Å². The molecule has 4 fully saturated rings. The van der Waals surface area contributed by atoms with E-state index >= 15 is 0 Å². The molecule has 4 aliphatic carbocycles. The molecule has 0 atom stereocenters. The first-order chi connectivity index (χ1) is 13.2. The van der Waals surface area contributed by atoms with E-state index in [1.54, 1.807) is 0 Å². The van der Waals surface area contributed by atoms with Gasteiger partial charge >= 0.3 is 29.9 Å². The summed E-state index contributed by atoms with van der Waals surface area (Å²) in [7, 11) is 0. The standard InChI is InChI=1S/C18H22F6O5/c1-2-15(11-4-9-3-10(6-11)7-12(15)5-9)29-13(25)8-28-14(26)16(27,17(19,20)21)18(22,23)24/h9-12,27H,2-8H2,1H3. The van der Waals surface area contributed by atoms with E-state index in [9.17, 15) is 35.9 Å². The number of ether oxygens (including phenoxy) is 2. The van der Waals surface area contributed by atoms with Crippen LogP contribution in [0.3, 0.4) is 0 Å². The lowest BCUT2D eigenvalue weighted by Gasteiger charge is -2.60. The highest BCUT2D eigenvalue weighted by molar-refractivity contribution is 5.84. The summed E-state index contributed by atoms with van der Waals surface area (Å²) in [5.74, 6) is -3.00. The monoisotopic (exact) mass is 432 g/mol. The van der Waals surface area contributed by atoms with E-state index < -0.39 is 42.1 Å². The Balaban J connectivity index is 1.67. The third kappa shape index (κ3) is 3.48. The van der Waals surface area contributed by atoms with E-state index in [2.05, 4.69) is 4.74 Å². The Labute approximate surface area is 162 Å². The van der Waals surface area contributed by atoms with Gasteiger partial charge in [-0.3, -0.25) is 0 Å². The summed E-state index contributed by atoms with van der Waals surface area (Å²) >= 11 is 0. The summed E-state index contributed by atoms with van der Waals surface area (Å²) < 4.78 is 85.5. The first-order valence-corrected chi connectivity index (χ1v) is 9.49. The predicted molar refractivity (Wildman–Crippen MR) is 84.2 cm³/mol. The molecule has 11 heteroatoms. The second-order valence-electron chi connectivity index (χ2n) is 8.37. The van der Waals surface area contributed by atoms with Crippen molar-refractivity contribution in [3.8, 4) is 0 Å². The maximum absolute atomic E-state index is 12.7. The number of hydrogen-bond donors (Lipinski definition) is 1. The molecule has 0 radical (unpaired) electrons. The Hall–Kier alpha value is -1.52. The topological polar surface area (TPSA) is 72.8 Å². The lowest BCUT2D eigenvalue weighted by Crippen LogP contribution is -2.63. The molecule has 4 saturated carbocycles. The third-order valence-corrected chi connectivity index (χ3v) is 6.81. The van der Waals surface area contributed by atoms with Gasteiger partial charge in [-0.25, -0.2) is 9.59 Å². The van der Waals surface area contributed by atoms with Crippen LogP contribution >= 0.6 is 0 Å². The lowest BCUT2D eigenvalue weighted by molar-refractivity contribution is -0.357. The molecule has 0 heterocycles. The van der Waals surface area contributed by atoms with Crippen LogP contribution < -0.4 is 0 Å². The fourth-order valence-corrected chi connectivity index (χ4v) is 5.66. The molecule has 4 rings (SSSR count). The van der Waals surface area contributed by atoms with Gasteiger partial charge in [-0.2, -0.15) is 26.3 Å². The van der Waals surface area contributed by atoms with Crippen LogP contribution in [0, 0.1) is 23.7 Å². The summed E-state index contributed by atoms with van der Waals surface area (Å²) in [5, 5.41) is 8.97. The number of alkyl halides is 6. The van der Waals surface area contributed by atoms with Crippen molar-refractivity contribution in [1.82, 2.24) is 0 Å². The normalized spacial score (nSPS) is 34.2. The van der Waals surface area contributed by atoms with E-state index in [4.69, 9.17) is 9.84 Å². The molecule has 4 bridgehead atoms. The number of carbonyl (C=O) groups excluding carboxylic acids is 2. The summed E-state index contributed by atoms with van der Waals surface area (Å²) in [5.41, 5.74) is -6.56. The fourth-order valence-electron chi connectivity index (χ4n) is 5.66. The van der Waals surface area contributed by atoms with Crippen LogP contribution in [0.15, 0.2) is 0 Å². The first-order valence-electron chi connectivity index (χ1n) is 9.49. The van der Waals surface area contributed by atoms with Gasteiger partial charge in [0.15, 0.2) is 6.61 Å². The number of hydrogen-bond acceptors (Lipinski definition) is 5. The zero-order valence-electron chi connectivity index (χ0n) is 15.6. The van der Waals surface area contributed by atoms with Gasteiger partial charge in [-0.05, 0) is 62.2 Å². The van der Waals surface area contributed by atoms with Crippen molar-refractivity contribution in [3.63, 3.8) is 0 Å². The van der Waals surface area contributed by atoms with Crippen LogP contribution in [-0.4, -0.2) is 47.2 Å². The molecule has 0 saturated heterocycles. The van der Waals surface area contributed by atoms with E-state index in [0.29, 0.717) is 18.3 Å². The van der Waals surface area contributed by atoms with Gasteiger partial charge in [-0.15, -0.1) is 0 Å². The zero-order valence-corrected chi connectivity index (χ0v) is 15.6. The third-order valence-electron chi connectivity index (χ3n) is 6.81. The second kappa shape index (κ2) is 7.02. The van der Waals surface area contributed by atoms with E-state index in [1.165, 1.54) is 0 Å². The second-order valence-corrected chi connectivity index (χ2v) is 8.37. The summed E-state index contributed by atoms with van der Waals surface area (Å²) in [6, 6.07) is 0. The van der Waals surface area contributed by atoms with Crippen molar-refractivity contribution in [2.45, 2.75) is 69.0 Å². The molecule has 0 aromatic carbocycles. The number of esters is 2. The van der Waals surface area contributed by atoms with Crippen LogP contribution in [0.1, 0.15) is 45.4 Å². The zero-order chi connectivity index (χ0) is 21.8. The van der Waals surface area contributed by atoms with Crippen molar-refractivity contribution >= 4 is 11.9 Å². The summed E-state index contributed by atoms with van der Waals surface area (Å²) in [6.07, 6.45) is -7.71. The number of carbonyl (C=O) groups is 2. The van der Waals surface area contributed by atoms with Crippen molar-refractivity contribution in [2.24, 2.45) is 23.7 Å². The largest absolute Gasteiger partial charge is 0.456 e. The van der Waals surface area contributed by atoms with Crippen LogP contribution in [0.5, 0.6) is 0 Å². The molecule has 4 aliphatic rings. The van der Waals surface area contributed by atoms with E-state index in [0.717, 1.165) is 32.1 Å².